The number of nitrogens with one attached hydrogen (secondary N) is 1. The minimum atomic E-state index is -2.00. The van der Waals surface area contributed by atoms with Gasteiger partial charge in [-0.15, -0.1) is 0 Å². The molecule has 0 unspecified atom stereocenters. The fraction of sp³-hybridized carbons (Fsp3) is 0.0952. The molecule has 0 saturated carbocycles. The number of benzene rings is 3. The molecule has 1 atom stereocenters. The summed E-state index contributed by atoms with van der Waals surface area (Å²) >= 11 is 0. The number of hydrogen-bond donors (Lipinski definition) is 1. The van der Waals surface area contributed by atoms with Crippen molar-refractivity contribution in [3.63, 3.8) is 0 Å². The minimum absolute atomic E-state index is 0.00204. The first kappa shape index (κ1) is 16.4. The molecule has 0 saturated heterocycles. The third kappa shape index (κ3) is 2.86. The molecule has 1 amide bonds. The van der Waals surface area contributed by atoms with Gasteiger partial charge in [-0.05, 0) is 43.3 Å². The standard InChI is InChI=1S/C21H20NOP/c1-18(22-17-23)24(19-11-5-2-6-12-19,20-13-7-3-8-14-20)21-15-9-4-10-16-21/h2-18H,1H3/p+1/t18-/m0/s1. The van der Waals surface area contributed by atoms with Crippen molar-refractivity contribution in [3.8, 4) is 0 Å². The van der Waals surface area contributed by atoms with Crippen molar-refractivity contribution in [2.45, 2.75) is 12.7 Å². The Bertz CT molecular complexity index is 678. The van der Waals surface area contributed by atoms with E-state index in [-0.39, 0.29) is 5.78 Å². The lowest BCUT2D eigenvalue weighted by Gasteiger charge is -2.32. The van der Waals surface area contributed by atoms with Gasteiger partial charge in [0.25, 0.3) is 0 Å². The van der Waals surface area contributed by atoms with E-state index in [0.29, 0.717) is 0 Å². The van der Waals surface area contributed by atoms with E-state index < -0.39 is 7.26 Å². The van der Waals surface area contributed by atoms with Crippen LogP contribution in [0.2, 0.25) is 0 Å². The van der Waals surface area contributed by atoms with E-state index >= 15 is 0 Å². The summed E-state index contributed by atoms with van der Waals surface area (Å²) in [6, 6.07) is 31.6. The van der Waals surface area contributed by atoms with Crippen molar-refractivity contribution < 1.29 is 4.79 Å². The second kappa shape index (κ2) is 7.42. The van der Waals surface area contributed by atoms with Crippen molar-refractivity contribution in [1.82, 2.24) is 5.32 Å². The van der Waals surface area contributed by atoms with E-state index in [9.17, 15) is 4.79 Å². The minimum Gasteiger partial charge on any atom is -0.323 e. The van der Waals surface area contributed by atoms with Crippen LogP contribution in [0.5, 0.6) is 0 Å². The van der Waals surface area contributed by atoms with Gasteiger partial charge in [0.1, 0.15) is 23.2 Å². The topological polar surface area (TPSA) is 29.1 Å². The van der Waals surface area contributed by atoms with Crippen LogP contribution < -0.4 is 21.2 Å². The molecule has 120 valence electrons. The average molecular weight is 334 g/mol. The maximum atomic E-state index is 11.3. The Kier molecular flexibility index (Phi) is 5.08. The molecule has 0 aliphatic rings. The maximum Gasteiger partial charge on any atom is 0.210 e. The van der Waals surface area contributed by atoms with E-state index in [4.69, 9.17) is 0 Å². The van der Waals surface area contributed by atoms with E-state index in [2.05, 4.69) is 85.0 Å². The van der Waals surface area contributed by atoms with E-state index in [1.807, 2.05) is 18.2 Å². The number of amides is 1. The van der Waals surface area contributed by atoms with Crippen LogP contribution in [0.25, 0.3) is 0 Å². The molecule has 24 heavy (non-hydrogen) atoms. The first-order chi connectivity index (χ1) is 11.8. The predicted octanol–water partition coefficient (Wildman–Crippen LogP) is 3.07. The maximum absolute atomic E-state index is 11.3. The average Bonchev–Trinajstić information content (AvgIpc) is 2.65. The molecular weight excluding hydrogens is 313 g/mol. The summed E-state index contributed by atoms with van der Waals surface area (Å²) < 4.78 is 0. The number of hydrogen-bond acceptors (Lipinski definition) is 1. The molecule has 0 radical (unpaired) electrons. The van der Waals surface area contributed by atoms with Crippen LogP contribution in [0, 0.1) is 0 Å². The lowest BCUT2D eigenvalue weighted by atomic mass is 10.4. The molecular formula is C21H21NOP+. The summed E-state index contributed by atoms with van der Waals surface area (Å²) in [5.74, 6) is 0.00204. The first-order valence-corrected chi connectivity index (χ1v) is 9.91. The van der Waals surface area contributed by atoms with Crippen LogP contribution in [0.4, 0.5) is 0 Å². The Morgan fingerprint density at radius 2 is 1.04 bits per heavy atom. The van der Waals surface area contributed by atoms with Crippen molar-refractivity contribution in [2.24, 2.45) is 0 Å². The van der Waals surface area contributed by atoms with Crippen molar-refractivity contribution >= 4 is 29.6 Å². The monoisotopic (exact) mass is 334 g/mol. The Balaban J connectivity index is 2.35. The molecule has 1 N–H and O–H groups in total. The van der Waals surface area contributed by atoms with Crippen molar-refractivity contribution in [1.29, 1.82) is 0 Å². The summed E-state index contributed by atoms with van der Waals surface area (Å²) in [6.45, 7) is 2.11. The molecule has 0 spiro atoms. The van der Waals surface area contributed by atoms with Crippen LogP contribution in [0.3, 0.4) is 0 Å². The van der Waals surface area contributed by atoms with Gasteiger partial charge in [0.15, 0.2) is 5.78 Å². The number of rotatable bonds is 6. The highest BCUT2D eigenvalue weighted by Gasteiger charge is 2.50. The Labute approximate surface area is 143 Å². The van der Waals surface area contributed by atoms with Crippen LogP contribution in [0.15, 0.2) is 91.0 Å². The van der Waals surface area contributed by atoms with Crippen LogP contribution in [-0.4, -0.2) is 12.2 Å². The second-order valence-electron chi connectivity index (χ2n) is 5.69. The molecule has 3 aromatic carbocycles. The largest absolute Gasteiger partial charge is 0.323 e. The van der Waals surface area contributed by atoms with Crippen LogP contribution in [-0.2, 0) is 4.79 Å². The van der Waals surface area contributed by atoms with Gasteiger partial charge < -0.3 is 5.32 Å². The quantitative estimate of drug-likeness (QED) is 0.545. The smallest absolute Gasteiger partial charge is 0.210 e. The van der Waals surface area contributed by atoms with Crippen LogP contribution in [0.1, 0.15) is 6.92 Å². The lowest BCUT2D eigenvalue weighted by molar-refractivity contribution is -0.109. The Morgan fingerprint density at radius 1 is 0.708 bits per heavy atom. The van der Waals surface area contributed by atoms with Gasteiger partial charge in [0, 0.05) is 0 Å². The van der Waals surface area contributed by atoms with E-state index in [0.717, 1.165) is 6.41 Å². The summed E-state index contributed by atoms with van der Waals surface area (Å²) in [4.78, 5) is 11.3. The molecule has 3 aromatic rings. The highest BCUT2D eigenvalue weighted by atomic mass is 31.2. The summed E-state index contributed by atoms with van der Waals surface area (Å²) in [5, 5.41) is 6.85. The zero-order valence-electron chi connectivity index (χ0n) is 13.7. The molecule has 2 nitrogen and oxygen atoms in total. The second-order valence-corrected chi connectivity index (χ2v) is 9.46. The molecule has 3 heteroatoms. The SMILES string of the molecule is C[C@@H](NC=O)[P+](c1ccccc1)(c1ccccc1)c1ccccc1. The molecule has 3 rings (SSSR count). The molecule has 0 aromatic heterocycles. The molecule has 0 aliphatic heterocycles. The normalized spacial score (nSPS) is 12.4. The Hall–Kier alpha value is -2.44. The lowest BCUT2D eigenvalue weighted by Crippen LogP contribution is -2.43. The first-order valence-electron chi connectivity index (χ1n) is 8.05. The molecule has 0 bridgehead atoms. The predicted molar refractivity (Wildman–Crippen MR) is 104 cm³/mol. The van der Waals surface area contributed by atoms with Gasteiger partial charge in [-0.3, -0.25) is 4.79 Å². The van der Waals surface area contributed by atoms with Gasteiger partial charge in [0.2, 0.25) is 6.41 Å². The fourth-order valence-corrected chi connectivity index (χ4v) is 7.77. The van der Waals surface area contributed by atoms with Crippen LogP contribution >= 0.6 is 7.26 Å². The van der Waals surface area contributed by atoms with Crippen molar-refractivity contribution in [3.05, 3.63) is 91.0 Å². The zero-order chi connectivity index (χ0) is 16.8. The van der Waals surface area contributed by atoms with Crippen molar-refractivity contribution in [2.75, 3.05) is 0 Å². The molecule has 0 heterocycles. The fourth-order valence-electron chi connectivity index (χ4n) is 3.32. The third-order valence-electron chi connectivity index (χ3n) is 4.38. The molecule has 0 aliphatic carbocycles. The summed E-state index contributed by atoms with van der Waals surface area (Å²) in [7, 11) is -2.00. The number of carbonyl (C=O) groups is 1. The summed E-state index contributed by atoms with van der Waals surface area (Å²) in [6.07, 6.45) is 0.814. The van der Waals surface area contributed by atoms with Gasteiger partial charge >= 0.3 is 0 Å². The van der Waals surface area contributed by atoms with Gasteiger partial charge in [-0.25, -0.2) is 0 Å². The van der Waals surface area contributed by atoms with E-state index in [1.165, 1.54) is 15.9 Å². The Morgan fingerprint density at radius 3 is 1.33 bits per heavy atom. The highest BCUT2D eigenvalue weighted by Crippen LogP contribution is 2.58. The van der Waals surface area contributed by atoms with Gasteiger partial charge in [-0.1, -0.05) is 54.6 Å². The van der Waals surface area contributed by atoms with Gasteiger partial charge in [-0.2, -0.15) is 0 Å². The third-order valence-corrected chi connectivity index (χ3v) is 9.03. The van der Waals surface area contributed by atoms with Gasteiger partial charge in [0.05, 0.1) is 0 Å². The summed E-state index contributed by atoms with van der Waals surface area (Å²) in [5.41, 5.74) is 0. The number of carbonyl (C=O) groups excluding carboxylic acids is 1. The highest BCUT2D eigenvalue weighted by molar-refractivity contribution is 7.96. The zero-order valence-corrected chi connectivity index (χ0v) is 14.6. The molecule has 0 fully saturated rings. The van der Waals surface area contributed by atoms with E-state index in [1.54, 1.807) is 0 Å².